The minimum Gasteiger partial charge on any atom is -0.448 e. The molecule has 3 rings (SSSR count). The first-order valence-electron chi connectivity index (χ1n) is 9.10. The fourth-order valence-corrected chi connectivity index (χ4v) is 3.46. The predicted molar refractivity (Wildman–Crippen MR) is 100 cm³/mol. The number of primary amides is 1. The van der Waals surface area contributed by atoms with E-state index in [4.69, 9.17) is 15.5 Å². The lowest BCUT2D eigenvalue weighted by Gasteiger charge is -2.23. The fourth-order valence-electron chi connectivity index (χ4n) is 3.46. The van der Waals surface area contributed by atoms with Crippen molar-refractivity contribution >= 4 is 28.8 Å². The number of urea groups is 1. The maximum atomic E-state index is 13.1. The van der Waals surface area contributed by atoms with Crippen LogP contribution in [0.4, 0.5) is 4.79 Å². The van der Waals surface area contributed by atoms with Gasteiger partial charge in [0, 0.05) is 11.1 Å². The Labute approximate surface area is 157 Å². The number of benzene rings is 1. The number of ether oxygens (including phenoxy) is 1. The Morgan fingerprint density at radius 2 is 1.85 bits per heavy atom. The number of fused-ring (bicyclic) bond motifs is 2. The zero-order valence-corrected chi connectivity index (χ0v) is 15.5. The number of hydrogen-bond acceptors (Lipinski definition) is 5. The summed E-state index contributed by atoms with van der Waals surface area (Å²) in [6.45, 7) is 3.47. The van der Waals surface area contributed by atoms with Gasteiger partial charge in [-0.15, -0.1) is 0 Å². The third-order valence-corrected chi connectivity index (χ3v) is 4.72. The highest BCUT2D eigenvalue weighted by Gasteiger charge is 2.30. The fraction of sp³-hybridized carbons (Fsp3) is 0.400. The number of aryl methyl sites for hydroxylation is 1. The highest BCUT2D eigenvalue weighted by atomic mass is 16.5. The molecule has 7 nitrogen and oxygen atoms in total. The van der Waals surface area contributed by atoms with Crippen LogP contribution in [0.2, 0.25) is 0 Å². The van der Waals surface area contributed by atoms with Crippen molar-refractivity contribution in [3.63, 3.8) is 0 Å². The smallest absolute Gasteiger partial charge is 0.339 e. The Morgan fingerprint density at radius 3 is 2.56 bits per heavy atom. The van der Waals surface area contributed by atoms with Crippen LogP contribution in [0.3, 0.4) is 0 Å². The van der Waals surface area contributed by atoms with Crippen LogP contribution >= 0.6 is 0 Å². The molecule has 27 heavy (non-hydrogen) atoms. The average molecular weight is 369 g/mol. The molecule has 0 saturated heterocycles. The number of nitrogens with zero attached hydrogens (tertiary/aromatic N) is 1. The van der Waals surface area contributed by atoms with Gasteiger partial charge in [0.25, 0.3) is 5.91 Å². The number of para-hydroxylation sites is 1. The molecular formula is C20H23N3O4. The number of rotatable bonds is 4. The van der Waals surface area contributed by atoms with Gasteiger partial charge in [0.15, 0.2) is 6.10 Å². The van der Waals surface area contributed by atoms with E-state index >= 15 is 0 Å². The first kappa shape index (κ1) is 18.8. The predicted octanol–water partition coefficient (Wildman–Crippen LogP) is 2.49. The van der Waals surface area contributed by atoms with Crippen LogP contribution in [0.5, 0.6) is 0 Å². The molecule has 7 heteroatoms. The first-order chi connectivity index (χ1) is 12.9. The van der Waals surface area contributed by atoms with E-state index in [1.165, 1.54) is 0 Å². The summed E-state index contributed by atoms with van der Waals surface area (Å²) in [6, 6.07) is 6.43. The summed E-state index contributed by atoms with van der Waals surface area (Å²) in [5, 5.41) is 2.70. The normalized spacial score (nSPS) is 14.5. The van der Waals surface area contributed by atoms with Crippen molar-refractivity contribution in [1.29, 1.82) is 0 Å². The van der Waals surface area contributed by atoms with Gasteiger partial charge < -0.3 is 10.5 Å². The van der Waals surface area contributed by atoms with E-state index in [0.29, 0.717) is 10.9 Å². The lowest BCUT2D eigenvalue weighted by molar-refractivity contribution is -0.130. The molecule has 1 aromatic carbocycles. The molecule has 1 heterocycles. The molecule has 3 N–H and O–H groups in total. The largest absolute Gasteiger partial charge is 0.448 e. The van der Waals surface area contributed by atoms with E-state index in [9.17, 15) is 14.4 Å². The van der Waals surface area contributed by atoms with Crippen LogP contribution in [0.1, 0.15) is 48.3 Å². The number of pyridine rings is 1. The topological polar surface area (TPSA) is 111 Å². The molecule has 142 valence electrons. The van der Waals surface area contributed by atoms with Crippen molar-refractivity contribution in [1.82, 2.24) is 10.3 Å². The second-order valence-corrected chi connectivity index (χ2v) is 7.06. The van der Waals surface area contributed by atoms with E-state index in [2.05, 4.69) is 0 Å². The van der Waals surface area contributed by atoms with Gasteiger partial charge in [-0.05, 0) is 43.2 Å². The highest BCUT2D eigenvalue weighted by molar-refractivity contribution is 6.06. The van der Waals surface area contributed by atoms with Gasteiger partial charge in [0.1, 0.15) is 0 Å². The van der Waals surface area contributed by atoms with Crippen LogP contribution < -0.4 is 11.1 Å². The quantitative estimate of drug-likeness (QED) is 0.804. The Morgan fingerprint density at radius 1 is 1.15 bits per heavy atom. The summed E-state index contributed by atoms with van der Waals surface area (Å²) in [5.41, 5.74) is 8.02. The molecule has 0 aliphatic heterocycles. The van der Waals surface area contributed by atoms with Gasteiger partial charge in [-0.1, -0.05) is 32.0 Å². The number of nitrogens with two attached hydrogens (primary N) is 1. The molecule has 0 spiro atoms. The maximum absolute atomic E-state index is 13.1. The van der Waals surface area contributed by atoms with Gasteiger partial charge in [0.2, 0.25) is 0 Å². The van der Waals surface area contributed by atoms with Gasteiger partial charge in [0.05, 0.1) is 11.1 Å². The van der Waals surface area contributed by atoms with Crippen LogP contribution in [-0.4, -0.2) is 29.0 Å². The summed E-state index contributed by atoms with van der Waals surface area (Å²) in [6.07, 6.45) is 2.45. The number of aromatic nitrogens is 1. The zero-order chi connectivity index (χ0) is 19.6. The Hall–Kier alpha value is -2.96. The molecule has 0 fully saturated rings. The van der Waals surface area contributed by atoms with E-state index in [0.717, 1.165) is 42.5 Å². The minimum absolute atomic E-state index is 0.322. The third kappa shape index (κ3) is 3.92. The van der Waals surface area contributed by atoms with E-state index in [-0.39, 0.29) is 5.92 Å². The van der Waals surface area contributed by atoms with Crippen molar-refractivity contribution in [2.75, 3.05) is 0 Å². The number of hydrogen-bond donors (Lipinski definition) is 2. The number of nitrogens with one attached hydrogen (secondary N) is 1. The van der Waals surface area contributed by atoms with Gasteiger partial charge in [-0.2, -0.15) is 0 Å². The molecule has 0 radical (unpaired) electrons. The second kappa shape index (κ2) is 7.73. The Kier molecular flexibility index (Phi) is 5.39. The van der Waals surface area contributed by atoms with Crippen molar-refractivity contribution < 1.29 is 19.1 Å². The summed E-state index contributed by atoms with van der Waals surface area (Å²) in [5.74, 6) is -1.62. The van der Waals surface area contributed by atoms with Crippen LogP contribution in [0.25, 0.3) is 10.9 Å². The summed E-state index contributed by atoms with van der Waals surface area (Å²) in [7, 11) is 0. The third-order valence-electron chi connectivity index (χ3n) is 4.72. The summed E-state index contributed by atoms with van der Waals surface area (Å²) < 4.78 is 5.55. The standard InChI is InChI=1S/C20H23N3O4/c1-11(2)17(18(24)23-20(21)26)27-19(25)16-12-7-3-5-9-14(12)22-15-10-6-4-8-13(15)16/h3,5,7,9,11,17H,4,6,8,10H2,1-2H3,(H3,21,23,24,26)/t17-/m1/s1. The first-order valence-corrected chi connectivity index (χ1v) is 9.10. The summed E-state index contributed by atoms with van der Waals surface area (Å²) >= 11 is 0. The Balaban J connectivity index is 2.01. The second-order valence-electron chi connectivity index (χ2n) is 7.06. The van der Waals surface area contributed by atoms with E-state index < -0.39 is 24.0 Å². The molecule has 3 amide bonds. The SMILES string of the molecule is CC(C)[C@@H](OC(=O)c1c2c(nc3ccccc13)CCCC2)C(=O)NC(N)=O. The molecule has 0 unspecified atom stereocenters. The molecule has 2 aromatic rings. The number of carbonyl (C=O) groups excluding carboxylic acids is 3. The Bertz CT molecular complexity index is 907. The van der Waals surface area contributed by atoms with Crippen molar-refractivity contribution in [3.8, 4) is 0 Å². The molecule has 0 bridgehead atoms. The molecule has 1 aromatic heterocycles. The van der Waals surface area contributed by atoms with Gasteiger partial charge in [-0.25, -0.2) is 9.59 Å². The van der Waals surface area contributed by atoms with Gasteiger partial charge in [-0.3, -0.25) is 15.1 Å². The summed E-state index contributed by atoms with van der Waals surface area (Å²) in [4.78, 5) is 41.0. The molecule has 1 atom stereocenters. The number of imide groups is 1. The van der Waals surface area contributed by atoms with Crippen molar-refractivity contribution in [2.45, 2.75) is 45.6 Å². The van der Waals surface area contributed by atoms with Crippen LogP contribution in [0, 0.1) is 5.92 Å². The van der Waals surface area contributed by atoms with Crippen LogP contribution in [-0.2, 0) is 22.4 Å². The zero-order valence-electron chi connectivity index (χ0n) is 15.5. The lowest BCUT2D eigenvalue weighted by atomic mass is 9.90. The van der Waals surface area contributed by atoms with E-state index in [1.54, 1.807) is 13.8 Å². The monoisotopic (exact) mass is 369 g/mol. The molecule has 0 saturated carbocycles. The van der Waals surface area contributed by atoms with Crippen molar-refractivity contribution in [2.24, 2.45) is 11.7 Å². The molecule has 1 aliphatic rings. The molecule has 1 aliphatic carbocycles. The average Bonchev–Trinajstić information content (AvgIpc) is 2.62. The minimum atomic E-state index is -1.11. The lowest BCUT2D eigenvalue weighted by Crippen LogP contribution is -2.45. The maximum Gasteiger partial charge on any atom is 0.339 e. The van der Waals surface area contributed by atoms with Crippen molar-refractivity contribution in [3.05, 3.63) is 41.1 Å². The van der Waals surface area contributed by atoms with Crippen LogP contribution in [0.15, 0.2) is 24.3 Å². The highest BCUT2D eigenvalue weighted by Crippen LogP contribution is 2.30. The number of carbonyl (C=O) groups is 3. The van der Waals surface area contributed by atoms with E-state index in [1.807, 2.05) is 29.6 Å². The van der Waals surface area contributed by atoms with Gasteiger partial charge >= 0.3 is 12.0 Å². The number of amides is 3. The number of esters is 1. The molecular weight excluding hydrogens is 346 g/mol.